The van der Waals surface area contributed by atoms with Gasteiger partial charge >= 0.3 is 0 Å². The molecule has 0 amide bonds. The normalized spacial score (nSPS) is 10.8. The van der Waals surface area contributed by atoms with Gasteiger partial charge in [0.25, 0.3) is 0 Å². The van der Waals surface area contributed by atoms with Crippen molar-refractivity contribution < 1.29 is 4.74 Å². The van der Waals surface area contributed by atoms with Crippen molar-refractivity contribution in [3.63, 3.8) is 0 Å². The Bertz CT molecular complexity index is 1070. The molecule has 0 aliphatic rings. The Balaban J connectivity index is 1.49. The van der Waals surface area contributed by atoms with Crippen molar-refractivity contribution >= 4 is 44.0 Å². The van der Waals surface area contributed by atoms with E-state index in [1.54, 1.807) is 18.4 Å². The Morgan fingerprint density at radius 1 is 0.815 bits per heavy atom. The number of benzene rings is 2. The van der Waals surface area contributed by atoms with Crippen LogP contribution in [-0.2, 0) is 0 Å². The number of hydrogen-bond donors (Lipinski definition) is 2. The van der Waals surface area contributed by atoms with E-state index in [9.17, 15) is 0 Å². The lowest BCUT2D eigenvalue weighted by molar-refractivity contribution is 0.415. The highest BCUT2D eigenvalue weighted by atomic mass is 32.1. The van der Waals surface area contributed by atoms with Gasteiger partial charge in [0.2, 0.25) is 5.95 Å². The lowest BCUT2D eigenvalue weighted by Gasteiger charge is -2.08. The molecular weight excluding hydrogens is 358 g/mol. The molecule has 2 aromatic heterocycles. The lowest BCUT2D eigenvalue weighted by Crippen LogP contribution is -2.00. The molecule has 0 spiro atoms. The SMILES string of the molecule is COc1ccc2nc(Nc3ccc(Nc4nc(C)cc(C)n4)cc3)sc2c1. The summed E-state index contributed by atoms with van der Waals surface area (Å²) < 4.78 is 6.35. The molecule has 27 heavy (non-hydrogen) atoms. The van der Waals surface area contributed by atoms with E-state index in [0.717, 1.165) is 43.9 Å². The Morgan fingerprint density at radius 3 is 2.15 bits per heavy atom. The molecule has 0 saturated heterocycles. The van der Waals surface area contributed by atoms with Crippen LogP contribution >= 0.6 is 11.3 Å². The van der Waals surface area contributed by atoms with Gasteiger partial charge in [0, 0.05) is 22.8 Å². The summed E-state index contributed by atoms with van der Waals surface area (Å²) in [6.07, 6.45) is 0. The van der Waals surface area contributed by atoms with E-state index in [-0.39, 0.29) is 0 Å². The number of fused-ring (bicyclic) bond motifs is 1. The molecule has 0 fully saturated rings. The fraction of sp³-hybridized carbons (Fsp3) is 0.150. The minimum Gasteiger partial charge on any atom is -0.497 e. The van der Waals surface area contributed by atoms with E-state index in [4.69, 9.17) is 4.74 Å². The zero-order valence-electron chi connectivity index (χ0n) is 15.3. The molecule has 0 aliphatic carbocycles. The summed E-state index contributed by atoms with van der Waals surface area (Å²) in [7, 11) is 1.67. The summed E-state index contributed by atoms with van der Waals surface area (Å²) in [5, 5.41) is 7.43. The number of hydrogen-bond acceptors (Lipinski definition) is 7. The van der Waals surface area contributed by atoms with Crippen molar-refractivity contribution in [1.29, 1.82) is 0 Å². The maximum absolute atomic E-state index is 5.27. The number of anilines is 4. The molecular formula is C20H19N5OS. The van der Waals surface area contributed by atoms with Gasteiger partial charge in [0.15, 0.2) is 5.13 Å². The molecule has 136 valence electrons. The third-order valence-electron chi connectivity index (χ3n) is 3.97. The zero-order chi connectivity index (χ0) is 18.8. The predicted octanol–water partition coefficient (Wildman–Crippen LogP) is 5.20. The molecule has 0 saturated carbocycles. The molecule has 0 radical (unpaired) electrons. The molecule has 0 aliphatic heterocycles. The van der Waals surface area contributed by atoms with Crippen molar-refractivity contribution in [2.75, 3.05) is 17.7 Å². The average Bonchev–Trinajstić information content (AvgIpc) is 3.03. The van der Waals surface area contributed by atoms with Crippen LogP contribution < -0.4 is 15.4 Å². The van der Waals surface area contributed by atoms with E-state index in [1.807, 2.05) is 62.4 Å². The molecule has 2 heterocycles. The van der Waals surface area contributed by atoms with Gasteiger partial charge in [-0.2, -0.15) is 0 Å². The van der Waals surface area contributed by atoms with Crippen LogP contribution in [0.5, 0.6) is 5.75 Å². The number of nitrogens with one attached hydrogen (secondary N) is 2. The summed E-state index contributed by atoms with van der Waals surface area (Å²) in [5.41, 5.74) is 4.73. The number of ether oxygens (including phenoxy) is 1. The van der Waals surface area contributed by atoms with Crippen LogP contribution in [0.1, 0.15) is 11.4 Å². The number of methoxy groups -OCH3 is 1. The Kier molecular flexibility index (Phi) is 4.60. The minimum absolute atomic E-state index is 0.605. The number of thiazole rings is 1. The first-order valence-electron chi connectivity index (χ1n) is 8.50. The Hall–Kier alpha value is -3.19. The van der Waals surface area contributed by atoms with Gasteiger partial charge in [0.1, 0.15) is 5.75 Å². The maximum atomic E-state index is 5.27. The van der Waals surface area contributed by atoms with Crippen molar-refractivity contribution in [3.05, 3.63) is 59.9 Å². The van der Waals surface area contributed by atoms with Crippen LogP contribution in [0.25, 0.3) is 10.2 Å². The first-order chi connectivity index (χ1) is 13.1. The Labute approximate surface area is 161 Å². The van der Waals surface area contributed by atoms with Gasteiger partial charge in [-0.05, 0) is 62.4 Å². The molecule has 0 unspecified atom stereocenters. The van der Waals surface area contributed by atoms with Crippen molar-refractivity contribution in [3.8, 4) is 5.75 Å². The van der Waals surface area contributed by atoms with Gasteiger partial charge in [-0.25, -0.2) is 15.0 Å². The predicted molar refractivity (Wildman–Crippen MR) is 111 cm³/mol. The van der Waals surface area contributed by atoms with E-state index in [1.165, 1.54) is 0 Å². The fourth-order valence-corrected chi connectivity index (χ4v) is 3.67. The van der Waals surface area contributed by atoms with Gasteiger partial charge in [-0.15, -0.1) is 0 Å². The molecule has 7 heteroatoms. The van der Waals surface area contributed by atoms with E-state index in [2.05, 4.69) is 25.6 Å². The fourth-order valence-electron chi connectivity index (χ4n) is 2.76. The molecule has 2 aromatic carbocycles. The number of aromatic nitrogens is 3. The highest BCUT2D eigenvalue weighted by molar-refractivity contribution is 7.22. The summed E-state index contributed by atoms with van der Waals surface area (Å²) >= 11 is 1.59. The number of rotatable bonds is 5. The zero-order valence-corrected chi connectivity index (χ0v) is 16.1. The van der Waals surface area contributed by atoms with Crippen LogP contribution in [0.4, 0.5) is 22.5 Å². The first-order valence-corrected chi connectivity index (χ1v) is 9.32. The van der Waals surface area contributed by atoms with Gasteiger partial charge in [-0.1, -0.05) is 11.3 Å². The van der Waals surface area contributed by atoms with Gasteiger partial charge < -0.3 is 15.4 Å². The lowest BCUT2D eigenvalue weighted by atomic mass is 10.3. The van der Waals surface area contributed by atoms with E-state index >= 15 is 0 Å². The van der Waals surface area contributed by atoms with Crippen LogP contribution in [0.2, 0.25) is 0 Å². The largest absolute Gasteiger partial charge is 0.497 e. The first kappa shape index (κ1) is 17.2. The second-order valence-corrected chi connectivity index (χ2v) is 7.18. The summed E-state index contributed by atoms with van der Waals surface area (Å²) in [5.74, 6) is 1.44. The number of nitrogens with zero attached hydrogens (tertiary/aromatic N) is 3. The van der Waals surface area contributed by atoms with Gasteiger partial charge in [0.05, 0.1) is 17.3 Å². The van der Waals surface area contributed by atoms with Crippen LogP contribution in [0.3, 0.4) is 0 Å². The average molecular weight is 377 g/mol. The molecule has 0 bridgehead atoms. The monoisotopic (exact) mass is 377 g/mol. The molecule has 4 rings (SSSR count). The third kappa shape index (κ3) is 3.98. The van der Waals surface area contributed by atoms with Crippen LogP contribution in [0.15, 0.2) is 48.5 Å². The highest BCUT2D eigenvalue weighted by Crippen LogP contribution is 2.31. The van der Waals surface area contributed by atoms with Gasteiger partial charge in [-0.3, -0.25) is 0 Å². The standard InChI is InChI=1S/C20H19N5OS/c1-12-10-13(2)22-19(21-12)23-14-4-6-15(7-5-14)24-20-25-17-9-8-16(26-3)11-18(17)27-20/h4-11H,1-3H3,(H,24,25)(H,21,22,23). The van der Waals surface area contributed by atoms with Crippen LogP contribution in [-0.4, -0.2) is 22.1 Å². The second kappa shape index (κ2) is 7.20. The minimum atomic E-state index is 0.605. The maximum Gasteiger partial charge on any atom is 0.227 e. The second-order valence-electron chi connectivity index (χ2n) is 6.15. The molecule has 4 aromatic rings. The molecule has 2 N–H and O–H groups in total. The third-order valence-corrected chi connectivity index (χ3v) is 4.90. The topological polar surface area (TPSA) is 72.0 Å². The molecule has 6 nitrogen and oxygen atoms in total. The van der Waals surface area contributed by atoms with Crippen molar-refractivity contribution in [2.45, 2.75) is 13.8 Å². The summed E-state index contributed by atoms with van der Waals surface area (Å²) in [6.45, 7) is 3.92. The summed E-state index contributed by atoms with van der Waals surface area (Å²) in [4.78, 5) is 13.4. The molecule has 0 atom stereocenters. The summed E-state index contributed by atoms with van der Waals surface area (Å²) in [6, 6.07) is 15.8. The van der Waals surface area contributed by atoms with Crippen LogP contribution in [0, 0.1) is 13.8 Å². The smallest absolute Gasteiger partial charge is 0.227 e. The highest BCUT2D eigenvalue weighted by Gasteiger charge is 2.06. The Morgan fingerprint density at radius 2 is 1.48 bits per heavy atom. The quantitative estimate of drug-likeness (QED) is 0.498. The van der Waals surface area contributed by atoms with Crippen molar-refractivity contribution in [2.24, 2.45) is 0 Å². The van der Waals surface area contributed by atoms with Crippen molar-refractivity contribution in [1.82, 2.24) is 15.0 Å². The van der Waals surface area contributed by atoms with E-state index < -0.39 is 0 Å². The number of aryl methyl sites for hydroxylation is 2. The van der Waals surface area contributed by atoms with E-state index in [0.29, 0.717) is 5.95 Å².